The molecule has 0 fully saturated rings. The molecule has 19 heavy (non-hydrogen) atoms. The molecule has 0 saturated carbocycles. The molecule has 0 aliphatic rings. The van der Waals surface area contributed by atoms with Gasteiger partial charge in [-0.15, -0.1) is 0 Å². The van der Waals surface area contributed by atoms with Crippen molar-refractivity contribution in [2.75, 3.05) is 26.7 Å². The van der Waals surface area contributed by atoms with E-state index in [0.717, 1.165) is 17.9 Å². The number of nitrogens with zero attached hydrogens (tertiary/aromatic N) is 1. The molecule has 4 heteroatoms. The van der Waals surface area contributed by atoms with E-state index in [1.165, 1.54) is 0 Å². The zero-order valence-electron chi connectivity index (χ0n) is 12.3. The molecular weight excluding hydrogens is 240 g/mol. The third kappa shape index (κ3) is 5.75. The third-order valence-electron chi connectivity index (χ3n) is 3.12. The average molecular weight is 264 g/mol. The van der Waals surface area contributed by atoms with E-state index in [1.807, 2.05) is 38.2 Å². The Morgan fingerprint density at radius 1 is 1.37 bits per heavy atom. The fourth-order valence-corrected chi connectivity index (χ4v) is 1.54. The standard InChI is InChI=1S/C15H24N2O2/c1-12(2)17(4)10-9-16-15(18)11-19-14-8-6-5-7-13(14)3/h5-8,12H,9-11H2,1-4H3,(H,16,18). The smallest absolute Gasteiger partial charge is 0.257 e. The number of ether oxygens (including phenoxy) is 1. The number of hydrogen-bond donors (Lipinski definition) is 1. The quantitative estimate of drug-likeness (QED) is 0.817. The number of hydrogen-bond acceptors (Lipinski definition) is 3. The van der Waals surface area contributed by atoms with Crippen molar-refractivity contribution in [3.05, 3.63) is 29.8 Å². The number of likely N-dealkylation sites (N-methyl/N-ethyl adjacent to an activating group) is 1. The predicted octanol–water partition coefficient (Wildman–Crippen LogP) is 1.83. The van der Waals surface area contributed by atoms with Crippen LogP contribution in [0, 0.1) is 6.92 Å². The Bertz CT molecular complexity index is 405. The normalized spacial score (nSPS) is 10.8. The lowest BCUT2D eigenvalue weighted by molar-refractivity contribution is -0.123. The molecule has 0 atom stereocenters. The lowest BCUT2D eigenvalue weighted by Crippen LogP contribution is -2.37. The van der Waals surface area contributed by atoms with Crippen LogP contribution in [-0.4, -0.2) is 43.6 Å². The number of para-hydroxylation sites is 1. The molecule has 0 aliphatic heterocycles. The summed E-state index contributed by atoms with van der Waals surface area (Å²) in [4.78, 5) is 13.8. The Morgan fingerprint density at radius 2 is 2.05 bits per heavy atom. The van der Waals surface area contributed by atoms with Gasteiger partial charge < -0.3 is 15.0 Å². The first-order chi connectivity index (χ1) is 9.00. The minimum Gasteiger partial charge on any atom is -0.484 e. The van der Waals surface area contributed by atoms with Gasteiger partial charge in [-0.05, 0) is 39.4 Å². The van der Waals surface area contributed by atoms with Gasteiger partial charge in [0, 0.05) is 19.1 Å². The summed E-state index contributed by atoms with van der Waals surface area (Å²) in [7, 11) is 2.04. The minimum atomic E-state index is -0.0830. The summed E-state index contributed by atoms with van der Waals surface area (Å²) in [5, 5.41) is 2.85. The molecule has 1 N–H and O–H groups in total. The second kappa shape index (κ2) is 7.79. The molecule has 0 radical (unpaired) electrons. The molecule has 0 bridgehead atoms. The predicted molar refractivity (Wildman–Crippen MR) is 77.4 cm³/mol. The Labute approximate surface area is 115 Å². The highest BCUT2D eigenvalue weighted by Crippen LogP contribution is 2.15. The van der Waals surface area contributed by atoms with Crippen LogP contribution in [-0.2, 0) is 4.79 Å². The van der Waals surface area contributed by atoms with Gasteiger partial charge in [-0.1, -0.05) is 18.2 Å². The number of amides is 1. The molecule has 1 aromatic rings. The topological polar surface area (TPSA) is 41.6 Å². The van der Waals surface area contributed by atoms with Crippen LogP contribution in [0.3, 0.4) is 0 Å². The molecule has 1 amide bonds. The highest BCUT2D eigenvalue weighted by atomic mass is 16.5. The van der Waals surface area contributed by atoms with Crippen LogP contribution in [0.25, 0.3) is 0 Å². The molecule has 0 aromatic heterocycles. The van der Waals surface area contributed by atoms with E-state index in [-0.39, 0.29) is 12.5 Å². The number of carbonyl (C=O) groups excluding carboxylic acids is 1. The molecule has 0 aliphatic carbocycles. The van der Waals surface area contributed by atoms with Crippen molar-refractivity contribution in [2.24, 2.45) is 0 Å². The van der Waals surface area contributed by atoms with Crippen LogP contribution in [0.1, 0.15) is 19.4 Å². The van der Waals surface area contributed by atoms with Gasteiger partial charge in [-0.3, -0.25) is 4.79 Å². The van der Waals surface area contributed by atoms with E-state index >= 15 is 0 Å². The molecular formula is C15H24N2O2. The Balaban J connectivity index is 2.24. The molecule has 1 aromatic carbocycles. The van der Waals surface area contributed by atoms with E-state index < -0.39 is 0 Å². The summed E-state index contributed by atoms with van der Waals surface area (Å²) in [6, 6.07) is 8.17. The van der Waals surface area contributed by atoms with Crippen molar-refractivity contribution in [2.45, 2.75) is 26.8 Å². The van der Waals surface area contributed by atoms with Gasteiger partial charge in [0.15, 0.2) is 6.61 Å². The first-order valence-electron chi connectivity index (χ1n) is 6.66. The summed E-state index contributed by atoms with van der Waals surface area (Å²) in [6.45, 7) is 7.77. The maximum Gasteiger partial charge on any atom is 0.257 e. The van der Waals surface area contributed by atoms with Gasteiger partial charge in [-0.2, -0.15) is 0 Å². The number of benzene rings is 1. The zero-order chi connectivity index (χ0) is 14.3. The lowest BCUT2D eigenvalue weighted by Gasteiger charge is -2.20. The van der Waals surface area contributed by atoms with Crippen molar-refractivity contribution >= 4 is 5.91 Å². The molecule has 0 heterocycles. The van der Waals surface area contributed by atoms with Gasteiger partial charge in [0.1, 0.15) is 5.75 Å². The van der Waals surface area contributed by atoms with Gasteiger partial charge in [0.25, 0.3) is 5.91 Å². The van der Waals surface area contributed by atoms with E-state index in [0.29, 0.717) is 12.6 Å². The van der Waals surface area contributed by atoms with E-state index in [4.69, 9.17) is 4.74 Å². The molecule has 0 spiro atoms. The molecule has 0 saturated heterocycles. The van der Waals surface area contributed by atoms with Gasteiger partial charge in [-0.25, -0.2) is 0 Å². The second-order valence-electron chi connectivity index (χ2n) is 4.98. The number of aryl methyl sites for hydroxylation is 1. The fraction of sp³-hybridized carbons (Fsp3) is 0.533. The SMILES string of the molecule is Cc1ccccc1OCC(=O)NCCN(C)C(C)C. The van der Waals surface area contributed by atoms with Crippen molar-refractivity contribution in [3.8, 4) is 5.75 Å². The van der Waals surface area contributed by atoms with Gasteiger partial charge in [0.2, 0.25) is 0 Å². The second-order valence-corrected chi connectivity index (χ2v) is 4.98. The van der Waals surface area contributed by atoms with E-state index in [2.05, 4.69) is 24.1 Å². The highest BCUT2D eigenvalue weighted by Gasteiger charge is 2.06. The molecule has 1 rings (SSSR count). The van der Waals surface area contributed by atoms with Gasteiger partial charge in [0.05, 0.1) is 0 Å². The summed E-state index contributed by atoms with van der Waals surface area (Å²) in [5.41, 5.74) is 1.04. The van der Waals surface area contributed by atoms with Crippen molar-refractivity contribution < 1.29 is 9.53 Å². The van der Waals surface area contributed by atoms with Crippen LogP contribution >= 0.6 is 0 Å². The van der Waals surface area contributed by atoms with Crippen LogP contribution < -0.4 is 10.1 Å². The minimum absolute atomic E-state index is 0.0657. The summed E-state index contributed by atoms with van der Waals surface area (Å²) in [5.74, 6) is 0.678. The van der Waals surface area contributed by atoms with E-state index in [1.54, 1.807) is 0 Å². The van der Waals surface area contributed by atoms with Crippen LogP contribution in [0.15, 0.2) is 24.3 Å². The summed E-state index contributed by atoms with van der Waals surface area (Å²) >= 11 is 0. The number of rotatable bonds is 7. The number of carbonyl (C=O) groups is 1. The molecule has 0 unspecified atom stereocenters. The largest absolute Gasteiger partial charge is 0.484 e. The molecule has 106 valence electrons. The summed E-state index contributed by atoms with van der Waals surface area (Å²) in [6.07, 6.45) is 0. The van der Waals surface area contributed by atoms with Crippen LogP contribution in [0.2, 0.25) is 0 Å². The maximum absolute atomic E-state index is 11.6. The van der Waals surface area contributed by atoms with Crippen molar-refractivity contribution in [1.82, 2.24) is 10.2 Å². The Hall–Kier alpha value is -1.55. The molecule has 4 nitrogen and oxygen atoms in total. The van der Waals surface area contributed by atoms with Gasteiger partial charge >= 0.3 is 0 Å². The van der Waals surface area contributed by atoms with Crippen molar-refractivity contribution in [3.63, 3.8) is 0 Å². The van der Waals surface area contributed by atoms with Crippen molar-refractivity contribution in [1.29, 1.82) is 0 Å². The Kier molecular flexibility index (Phi) is 6.36. The first-order valence-corrected chi connectivity index (χ1v) is 6.66. The van der Waals surface area contributed by atoms with Crippen LogP contribution in [0.5, 0.6) is 5.75 Å². The fourth-order valence-electron chi connectivity index (χ4n) is 1.54. The Morgan fingerprint density at radius 3 is 2.68 bits per heavy atom. The summed E-state index contributed by atoms with van der Waals surface area (Å²) < 4.78 is 5.48. The number of nitrogens with one attached hydrogen (secondary N) is 1. The average Bonchev–Trinajstić information content (AvgIpc) is 2.37. The third-order valence-corrected chi connectivity index (χ3v) is 3.12. The monoisotopic (exact) mass is 264 g/mol. The first kappa shape index (κ1) is 15.5. The van der Waals surface area contributed by atoms with Crippen LogP contribution in [0.4, 0.5) is 0 Å². The lowest BCUT2D eigenvalue weighted by atomic mass is 10.2. The zero-order valence-corrected chi connectivity index (χ0v) is 12.3. The van der Waals surface area contributed by atoms with E-state index in [9.17, 15) is 4.79 Å². The maximum atomic E-state index is 11.6. The highest BCUT2D eigenvalue weighted by molar-refractivity contribution is 5.77.